The number of alkyl halides is 6. The number of methoxy groups -OCH3 is 2. The van der Waals surface area contributed by atoms with Crippen LogP contribution < -0.4 is 28.3 Å². The highest BCUT2D eigenvalue weighted by atomic mass is 19.4. The molecule has 6 nitrogen and oxygen atoms in total. The highest BCUT2D eigenvalue weighted by molar-refractivity contribution is 6.21. The summed E-state index contributed by atoms with van der Waals surface area (Å²) >= 11 is 0. The molecular formula is C16H12BF6O6. The summed E-state index contributed by atoms with van der Waals surface area (Å²) in [6.07, 6.45) is -9.84. The summed E-state index contributed by atoms with van der Waals surface area (Å²) in [6.45, 7) is 0. The van der Waals surface area contributed by atoms with E-state index in [0.29, 0.717) is 7.69 Å². The maximum Gasteiger partial charge on any atom is 0.658 e. The van der Waals surface area contributed by atoms with Crippen molar-refractivity contribution >= 4 is 7.69 Å². The topological polar surface area (TPSA) is 55.4 Å². The maximum absolute atomic E-state index is 12.3. The summed E-state index contributed by atoms with van der Waals surface area (Å²) in [5.74, 6) is -1.51. The molecule has 0 amide bonds. The lowest BCUT2D eigenvalue weighted by Gasteiger charge is -2.15. The van der Waals surface area contributed by atoms with E-state index in [1.165, 1.54) is 14.2 Å². The summed E-state index contributed by atoms with van der Waals surface area (Å²) in [4.78, 5) is 0. The van der Waals surface area contributed by atoms with Gasteiger partial charge in [-0.2, -0.15) is 0 Å². The molecule has 0 aliphatic rings. The van der Waals surface area contributed by atoms with E-state index in [-0.39, 0.29) is 23.0 Å². The molecule has 0 spiro atoms. The molecule has 0 saturated carbocycles. The predicted octanol–water partition coefficient (Wildman–Crippen LogP) is 4.49. The fourth-order valence-electron chi connectivity index (χ4n) is 2.02. The molecule has 1 radical (unpaired) electrons. The van der Waals surface area contributed by atoms with Gasteiger partial charge in [0.05, 0.1) is 14.2 Å². The van der Waals surface area contributed by atoms with E-state index in [4.69, 9.17) is 18.8 Å². The summed E-state index contributed by atoms with van der Waals surface area (Å²) < 4.78 is 102. The van der Waals surface area contributed by atoms with E-state index in [9.17, 15) is 26.3 Å². The molecule has 0 aromatic heterocycles. The van der Waals surface area contributed by atoms with Crippen LogP contribution in [0.1, 0.15) is 0 Å². The van der Waals surface area contributed by atoms with E-state index in [0.717, 1.165) is 36.4 Å². The average Bonchev–Trinajstić information content (AvgIpc) is 2.59. The molecule has 0 aliphatic carbocycles. The predicted molar refractivity (Wildman–Crippen MR) is 86.4 cm³/mol. The van der Waals surface area contributed by atoms with Crippen molar-refractivity contribution in [3.05, 3.63) is 36.4 Å². The van der Waals surface area contributed by atoms with Crippen LogP contribution in [0.3, 0.4) is 0 Å². The van der Waals surface area contributed by atoms with Gasteiger partial charge in [-0.15, -0.1) is 26.3 Å². The highest BCUT2D eigenvalue weighted by Crippen LogP contribution is 2.35. The molecule has 0 saturated heterocycles. The highest BCUT2D eigenvalue weighted by Gasteiger charge is 2.32. The fourth-order valence-corrected chi connectivity index (χ4v) is 2.02. The zero-order valence-corrected chi connectivity index (χ0v) is 14.8. The summed E-state index contributed by atoms with van der Waals surface area (Å²) in [7, 11) is 3.15. The van der Waals surface area contributed by atoms with Gasteiger partial charge in [-0.1, -0.05) is 0 Å². The molecule has 13 heteroatoms. The molecule has 2 aromatic carbocycles. The van der Waals surface area contributed by atoms with E-state index < -0.39 is 24.2 Å². The van der Waals surface area contributed by atoms with E-state index in [1.54, 1.807) is 0 Å². The smallest absolute Gasteiger partial charge is 0.524 e. The Morgan fingerprint density at radius 2 is 1.00 bits per heavy atom. The van der Waals surface area contributed by atoms with Gasteiger partial charge in [0.1, 0.15) is 23.0 Å². The number of halogens is 6. The third-order valence-corrected chi connectivity index (χ3v) is 3.09. The second kappa shape index (κ2) is 8.92. The lowest BCUT2D eigenvalue weighted by Crippen LogP contribution is -2.18. The summed E-state index contributed by atoms with van der Waals surface area (Å²) in [5, 5.41) is 0. The molecule has 0 atom stereocenters. The van der Waals surface area contributed by atoms with Crippen LogP contribution in [0.4, 0.5) is 26.3 Å². The van der Waals surface area contributed by atoms with Crippen LogP contribution in [0.5, 0.6) is 34.5 Å². The van der Waals surface area contributed by atoms with Crippen molar-refractivity contribution in [1.82, 2.24) is 0 Å². The molecule has 0 unspecified atom stereocenters. The van der Waals surface area contributed by atoms with Crippen LogP contribution in [0.15, 0.2) is 36.4 Å². The lowest BCUT2D eigenvalue weighted by molar-refractivity contribution is -0.275. The first-order valence-electron chi connectivity index (χ1n) is 7.53. The van der Waals surface area contributed by atoms with Crippen LogP contribution in [0, 0.1) is 0 Å². The third-order valence-electron chi connectivity index (χ3n) is 3.09. The van der Waals surface area contributed by atoms with Crippen molar-refractivity contribution in [3.8, 4) is 34.5 Å². The zero-order valence-electron chi connectivity index (χ0n) is 14.8. The molecule has 2 rings (SSSR count). The Hall–Kier alpha value is -3.12. The molecule has 0 aliphatic heterocycles. The standard InChI is InChI=1S/C16H12BF6O6/c1-24-11-5-3-9(26-15(18,19)20)7-13(11)28-17-29-14-8-10(27-16(21,22)23)4-6-12(14)25-2/h3-8H,1-2H3. The molecule has 2 aromatic rings. The van der Waals surface area contributed by atoms with Crippen molar-refractivity contribution < 1.29 is 54.6 Å². The minimum Gasteiger partial charge on any atom is -0.524 e. The Morgan fingerprint density at radius 3 is 1.31 bits per heavy atom. The Bertz CT molecular complexity index is 759. The van der Waals surface area contributed by atoms with Crippen LogP contribution in [-0.4, -0.2) is 34.6 Å². The first-order chi connectivity index (χ1) is 13.5. The quantitative estimate of drug-likeness (QED) is 0.459. The van der Waals surface area contributed by atoms with Crippen LogP contribution in [0.25, 0.3) is 0 Å². The molecule has 29 heavy (non-hydrogen) atoms. The molecule has 157 valence electrons. The number of hydrogen-bond acceptors (Lipinski definition) is 6. The van der Waals surface area contributed by atoms with E-state index >= 15 is 0 Å². The molecule has 0 fully saturated rings. The largest absolute Gasteiger partial charge is 0.658 e. The SMILES string of the molecule is COc1ccc(OC(F)(F)F)cc1O[B]Oc1cc(OC(F)(F)F)ccc1OC. The van der Waals surface area contributed by atoms with Crippen molar-refractivity contribution in [3.63, 3.8) is 0 Å². The van der Waals surface area contributed by atoms with E-state index in [2.05, 4.69) is 9.47 Å². The molecule has 0 bridgehead atoms. The monoisotopic (exact) mass is 425 g/mol. The van der Waals surface area contributed by atoms with Crippen LogP contribution >= 0.6 is 0 Å². The molecule has 0 heterocycles. The van der Waals surface area contributed by atoms with Gasteiger partial charge < -0.3 is 28.3 Å². The van der Waals surface area contributed by atoms with Gasteiger partial charge in [0, 0.05) is 12.1 Å². The summed E-state index contributed by atoms with van der Waals surface area (Å²) in [6, 6.07) is 6.08. The van der Waals surface area contributed by atoms with Crippen molar-refractivity contribution in [2.24, 2.45) is 0 Å². The van der Waals surface area contributed by atoms with Crippen molar-refractivity contribution in [1.29, 1.82) is 0 Å². The Kier molecular flexibility index (Phi) is 6.82. The van der Waals surface area contributed by atoms with Crippen molar-refractivity contribution in [2.75, 3.05) is 14.2 Å². The summed E-state index contributed by atoms with van der Waals surface area (Å²) in [5.41, 5.74) is 0. The number of hydrogen-bond donors (Lipinski definition) is 0. The van der Waals surface area contributed by atoms with Gasteiger partial charge in [-0.25, -0.2) is 0 Å². The minimum absolute atomic E-state index is 0.0421. The van der Waals surface area contributed by atoms with Gasteiger partial charge >= 0.3 is 20.4 Å². The molecular weight excluding hydrogens is 413 g/mol. The van der Waals surface area contributed by atoms with Gasteiger partial charge in [-0.05, 0) is 24.3 Å². The molecule has 0 N–H and O–H groups in total. The Balaban J connectivity index is 2.12. The Labute approximate surface area is 161 Å². The van der Waals surface area contributed by atoms with Crippen LogP contribution in [0.2, 0.25) is 0 Å². The minimum atomic E-state index is -4.92. The van der Waals surface area contributed by atoms with Gasteiger partial charge in [0.25, 0.3) is 0 Å². The first kappa shape index (κ1) is 22.2. The normalized spacial score (nSPS) is 11.4. The van der Waals surface area contributed by atoms with Gasteiger partial charge in [-0.3, -0.25) is 0 Å². The average molecular weight is 425 g/mol. The third kappa shape index (κ3) is 7.09. The number of benzene rings is 2. The van der Waals surface area contributed by atoms with Gasteiger partial charge in [0.15, 0.2) is 11.5 Å². The van der Waals surface area contributed by atoms with E-state index in [1.807, 2.05) is 0 Å². The lowest BCUT2D eigenvalue weighted by atomic mass is 10.2. The Morgan fingerprint density at radius 1 is 0.621 bits per heavy atom. The van der Waals surface area contributed by atoms with Crippen molar-refractivity contribution in [2.45, 2.75) is 12.7 Å². The second-order valence-corrected chi connectivity index (χ2v) is 5.05. The van der Waals surface area contributed by atoms with Crippen LogP contribution in [-0.2, 0) is 0 Å². The zero-order chi connectivity index (χ0) is 21.7. The first-order valence-corrected chi connectivity index (χ1v) is 7.53. The maximum atomic E-state index is 12.3. The fraction of sp³-hybridized carbons (Fsp3) is 0.250. The number of rotatable bonds is 8. The number of ether oxygens (including phenoxy) is 4. The van der Waals surface area contributed by atoms with Gasteiger partial charge in [0.2, 0.25) is 0 Å². The second-order valence-electron chi connectivity index (χ2n) is 5.05.